The van der Waals surface area contributed by atoms with Crippen LogP contribution in [0.25, 0.3) is 0 Å². The number of nitrogens with one attached hydrogen (secondary N) is 1. The summed E-state index contributed by atoms with van der Waals surface area (Å²) in [5, 5.41) is 2.23. The molecule has 0 heterocycles. The van der Waals surface area contributed by atoms with E-state index in [1.165, 1.54) is 13.2 Å². The van der Waals surface area contributed by atoms with E-state index in [0.717, 1.165) is 6.26 Å². The van der Waals surface area contributed by atoms with E-state index < -0.39 is 16.2 Å². The van der Waals surface area contributed by atoms with Crippen LogP contribution in [0.3, 0.4) is 0 Å². The minimum Gasteiger partial charge on any atom is -0.353 e. The standard InChI is InChI=1S/C6H10NO5S/c1-5(9)7-3-6(4-8)12-13(2,10)11/h6H,3H2,1-2H3,(H,7,9). The zero-order valence-corrected chi connectivity index (χ0v) is 8.05. The minimum absolute atomic E-state index is 0.202. The molecule has 1 N–H and O–H groups in total. The van der Waals surface area contributed by atoms with E-state index in [4.69, 9.17) is 0 Å². The fraction of sp³-hybridized carbons (Fsp3) is 0.667. The fourth-order valence-electron chi connectivity index (χ4n) is 0.543. The molecular weight excluding hydrogens is 198 g/mol. The van der Waals surface area contributed by atoms with Crippen LogP contribution >= 0.6 is 0 Å². The van der Waals surface area contributed by atoms with Crippen molar-refractivity contribution in [3.05, 3.63) is 0 Å². The van der Waals surface area contributed by atoms with Crippen molar-refractivity contribution >= 4 is 22.3 Å². The first kappa shape index (κ1) is 12.0. The Morgan fingerprint density at radius 3 is 2.46 bits per heavy atom. The normalized spacial score (nSPS) is 13.4. The average molecular weight is 208 g/mol. The lowest BCUT2D eigenvalue weighted by Gasteiger charge is -2.08. The van der Waals surface area contributed by atoms with Crippen molar-refractivity contribution in [1.82, 2.24) is 5.32 Å². The molecule has 75 valence electrons. The fourth-order valence-corrected chi connectivity index (χ4v) is 1.07. The van der Waals surface area contributed by atoms with Crippen LogP contribution in [-0.2, 0) is 23.9 Å². The molecule has 0 spiro atoms. The summed E-state index contributed by atoms with van der Waals surface area (Å²) in [5.74, 6) is -0.377. The molecule has 13 heavy (non-hydrogen) atoms. The summed E-state index contributed by atoms with van der Waals surface area (Å²) < 4.78 is 25.3. The van der Waals surface area contributed by atoms with Gasteiger partial charge in [0, 0.05) is 6.92 Å². The van der Waals surface area contributed by atoms with E-state index in [1.807, 2.05) is 0 Å². The number of hydrogen-bond acceptors (Lipinski definition) is 5. The van der Waals surface area contributed by atoms with Crippen molar-refractivity contribution in [2.24, 2.45) is 0 Å². The van der Waals surface area contributed by atoms with Crippen molar-refractivity contribution in [3.8, 4) is 0 Å². The number of carbonyl (C=O) groups excluding carboxylic acids is 2. The van der Waals surface area contributed by atoms with E-state index in [-0.39, 0.29) is 12.5 Å². The van der Waals surface area contributed by atoms with Crippen LogP contribution < -0.4 is 5.32 Å². The summed E-state index contributed by atoms with van der Waals surface area (Å²) in [6, 6.07) is 0. The molecule has 6 nitrogen and oxygen atoms in total. The molecule has 0 saturated carbocycles. The maximum absolute atomic E-state index is 10.5. The number of rotatable bonds is 5. The van der Waals surface area contributed by atoms with Gasteiger partial charge in [-0.25, -0.2) is 0 Å². The first-order valence-corrected chi connectivity index (χ1v) is 5.17. The molecule has 0 bridgehead atoms. The Morgan fingerprint density at radius 1 is 1.62 bits per heavy atom. The largest absolute Gasteiger partial charge is 0.353 e. The van der Waals surface area contributed by atoms with Crippen molar-refractivity contribution < 1.29 is 22.2 Å². The van der Waals surface area contributed by atoms with E-state index in [9.17, 15) is 18.0 Å². The summed E-state index contributed by atoms with van der Waals surface area (Å²) in [6.45, 7) is 1.04. The lowest BCUT2D eigenvalue weighted by molar-refractivity contribution is -0.119. The van der Waals surface area contributed by atoms with E-state index >= 15 is 0 Å². The van der Waals surface area contributed by atoms with Crippen LogP contribution in [-0.4, -0.2) is 39.5 Å². The average Bonchev–Trinajstić information content (AvgIpc) is 1.95. The van der Waals surface area contributed by atoms with Crippen LogP contribution in [0.5, 0.6) is 0 Å². The molecule has 0 saturated heterocycles. The van der Waals surface area contributed by atoms with Gasteiger partial charge >= 0.3 is 0 Å². The lowest BCUT2D eigenvalue weighted by atomic mass is 10.4. The zero-order chi connectivity index (χ0) is 10.5. The molecule has 1 atom stereocenters. The molecule has 1 radical (unpaired) electrons. The SMILES string of the molecule is CC(=O)NCC([C]=O)OS(C)(=O)=O. The van der Waals surface area contributed by atoms with Crippen molar-refractivity contribution in [3.63, 3.8) is 0 Å². The van der Waals surface area contributed by atoms with Gasteiger partial charge in [0.05, 0.1) is 12.8 Å². The molecular formula is C6H10NO5S. The Hall–Kier alpha value is -0.950. The number of carbonyl (C=O) groups is 1. The van der Waals surface area contributed by atoms with Gasteiger partial charge in [-0.05, 0) is 0 Å². The highest BCUT2D eigenvalue weighted by molar-refractivity contribution is 7.86. The topological polar surface area (TPSA) is 89.5 Å². The van der Waals surface area contributed by atoms with Gasteiger partial charge < -0.3 is 5.32 Å². The minimum atomic E-state index is -3.70. The van der Waals surface area contributed by atoms with E-state index in [0.29, 0.717) is 0 Å². The van der Waals surface area contributed by atoms with Gasteiger partial charge in [-0.15, -0.1) is 0 Å². The summed E-state index contributed by atoms with van der Waals surface area (Å²) >= 11 is 0. The molecule has 1 amide bonds. The van der Waals surface area contributed by atoms with Crippen LogP contribution in [0.1, 0.15) is 6.92 Å². The molecule has 0 fully saturated rings. The predicted molar refractivity (Wildman–Crippen MR) is 44.1 cm³/mol. The molecule has 0 aliphatic heterocycles. The number of hydrogen-bond donors (Lipinski definition) is 1. The maximum atomic E-state index is 10.5. The van der Waals surface area contributed by atoms with E-state index in [1.54, 1.807) is 0 Å². The highest BCUT2D eigenvalue weighted by Crippen LogP contribution is 1.93. The second kappa shape index (κ2) is 4.93. The number of amides is 1. The molecule has 0 aliphatic rings. The summed E-state index contributed by atoms with van der Waals surface area (Å²) in [4.78, 5) is 20.5. The Kier molecular flexibility index (Phi) is 4.57. The summed E-state index contributed by atoms with van der Waals surface area (Å²) in [7, 11) is -3.70. The Morgan fingerprint density at radius 2 is 2.15 bits per heavy atom. The van der Waals surface area contributed by atoms with Crippen LogP contribution in [0.15, 0.2) is 0 Å². The summed E-state index contributed by atoms with van der Waals surface area (Å²) in [6.07, 6.45) is 0.880. The molecule has 1 unspecified atom stereocenters. The van der Waals surface area contributed by atoms with Gasteiger partial charge in [0.1, 0.15) is 0 Å². The third-order valence-corrected chi connectivity index (χ3v) is 1.54. The molecule has 0 aromatic carbocycles. The zero-order valence-electron chi connectivity index (χ0n) is 7.23. The van der Waals surface area contributed by atoms with Crippen molar-refractivity contribution in [2.75, 3.05) is 12.8 Å². The smallest absolute Gasteiger partial charge is 0.265 e. The molecule has 0 rings (SSSR count). The molecule has 0 aromatic rings. The second-order valence-electron chi connectivity index (χ2n) is 2.34. The predicted octanol–water partition coefficient (Wildman–Crippen LogP) is -1.42. The Bertz CT molecular complexity index is 283. The molecule has 7 heteroatoms. The van der Waals surface area contributed by atoms with E-state index in [2.05, 4.69) is 9.50 Å². The first-order valence-electron chi connectivity index (χ1n) is 3.35. The second-order valence-corrected chi connectivity index (χ2v) is 3.94. The van der Waals surface area contributed by atoms with Gasteiger partial charge in [-0.2, -0.15) is 8.42 Å². The Labute approximate surface area is 76.4 Å². The molecule has 0 aromatic heterocycles. The summed E-state index contributed by atoms with van der Waals surface area (Å²) in [5.41, 5.74) is 0. The highest BCUT2D eigenvalue weighted by Gasteiger charge is 2.15. The Balaban J connectivity index is 4.05. The van der Waals surface area contributed by atoms with Crippen molar-refractivity contribution in [2.45, 2.75) is 13.0 Å². The lowest BCUT2D eigenvalue weighted by Crippen LogP contribution is -2.34. The van der Waals surface area contributed by atoms with Gasteiger partial charge in [0.25, 0.3) is 10.1 Å². The van der Waals surface area contributed by atoms with Crippen molar-refractivity contribution in [1.29, 1.82) is 0 Å². The van der Waals surface area contributed by atoms with Gasteiger partial charge in [0.15, 0.2) is 6.10 Å². The highest BCUT2D eigenvalue weighted by atomic mass is 32.2. The third kappa shape index (κ3) is 7.41. The third-order valence-electron chi connectivity index (χ3n) is 0.959. The van der Waals surface area contributed by atoms with Crippen LogP contribution in [0, 0.1) is 0 Å². The van der Waals surface area contributed by atoms with Gasteiger partial charge in [0.2, 0.25) is 12.2 Å². The molecule has 0 aliphatic carbocycles. The van der Waals surface area contributed by atoms with Gasteiger partial charge in [-0.1, -0.05) is 0 Å². The monoisotopic (exact) mass is 208 g/mol. The van der Waals surface area contributed by atoms with Gasteiger partial charge in [-0.3, -0.25) is 13.8 Å². The maximum Gasteiger partial charge on any atom is 0.265 e. The quantitative estimate of drug-likeness (QED) is 0.560. The van der Waals surface area contributed by atoms with Crippen LogP contribution in [0.2, 0.25) is 0 Å². The van der Waals surface area contributed by atoms with Crippen LogP contribution in [0.4, 0.5) is 0 Å². The first-order chi connectivity index (χ1) is 5.85.